The minimum Gasteiger partial charge on any atom is -0.462 e. The van der Waals surface area contributed by atoms with Gasteiger partial charge in [0.1, 0.15) is 0 Å². The molecule has 0 radical (unpaired) electrons. The summed E-state index contributed by atoms with van der Waals surface area (Å²) in [5, 5.41) is 3.29. The number of hydrogen-bond acceptors (Lipinski definition) is 4. The zero-order valence-electron chi connectivity index (χ0n) is 11.1. The van der Waals surface area contributed by atoms with E-state index in [-0.39, 0.29) is 5.97 Å². The van der Waals surface area contributed by atoms with E-state index in [1.165, 1.54) is 0 Å². The fourth-order valence-electron chi connectivity index (χ4n) is 1.70. The topological polar surface area (TPSA) is 51.2 Å². The third-order valence-corrected chi connectivity index (χ3v) is 3.34. The third-order valence-electron chi connectivity index (χ3n) is 2.69. The van der Waals surface area contributed by atoms with E-state index in [0.717, 1.165) is 15.7 Å². The number of carbonyl (C=O) groups excluding carboxylic acids is 1. The molecule has 0 aliphatic rings. The maximum Gasteiger partial charge on any atom is 0.338 e. The van der Waals surface area contributed by atoms with Crippen LogP contribution < -0.4 is 5.32 Å². The van der Waals surface area contributed by atoms with Crippen molar-refractivity contribution in [2.24, 2.45) is 0 Å². The normalized spacial score (nSPS) is 10.1. The number of hydrogen-bond donors (Lipinski definition) is 1. The minimum atomic E-state index is -0.313. The van der Waals surface area contributed by atoms with E-state index in [4.69, 9.17) is 4.74 Å². The van der Waals surface area contributed by atoms with E-state index in [9.17, 15) is 4.79 Å². The predicted octanol–water partition coefficient (Wildman–Crippen LogP) is 3.63. The molecule has 0 spiro atoms. The third kappa shape index (κ3) is 3.81. The lowest BCUT2D eigenvalue weighted by atomic mass is 10.2. The summed E-state index contributed by atoms with van der Waals surface area (Å²) in [6, 6.07) is 9.25. The van der Waals surface area contributed by atoms with Gasteiger partial charge in [0, 0.05) is 29.1 Å². The predicted molar refractivity (Wildman–Crippen MR) is 81.7 cm³/mol. The van der Waals surface area contributed by atoms with Crippen molar-refractivity contribution in [1.29, 1.82) is 0 Å². The van der Waals surface area contributed by atoms with Crippen LogP contribution in [0.5, 0.6) is 0 Å². The molecule has 4 nitrogen and oxygen atoms in total. The zero-order chi connectivity index (χ0) is 14.4. The highest BCUT2D eigenvalue weighted by atomic mass is 79.9. The van der Waals surface area contributed by atoms with Gasteiger partial charge in [-0.2, -0.15) is 0 Å². The largest absolute Gasteiger partial charge is 0.462 e. The highest BCUT2D eigenvalue weighted by molar-refractivity contribution is 9.10. The molecule has 0 fully saturated rings. The summed E-state index contributed by atoms with van der Waals surface area (Å²) in [6.07, 6.45) is 3.56. The molecule has 0 aliphatic carbocycles. The van der Waals surface area contributed by atoms with E-state index in [1.807, 2.05) is 24.4 Å². The van der Waals surface area contributed by atoms with Crippen LogP contribution in [0.15, 0.2) is 47.2 Å². The molecule has 1 aromatic heterocycles. The fourth-order valence-corrected chi connectivity index (χ4v) is 2.22. The highest BCUT2D eigenvalue weighted by Gasteiger charge is 2.09. The second-order valence-electron chi connectivity index (χ2n) is 4.13. The molecule has 1 heterocycles. The molecule has 2 rings (SSSR count). The van der Waals surface area contributed by atoms with Crippen LogP contribution in [-0.4, -0.2) is 17.6 Å². The molecule has 0 aliphatic heterocycles. The van der Waals surface area contributed by atoms with Gasteiger partial charge in [-0.3, -0.25) is 4.98 Å². The second kappa shape index (κ2) is 7.05. The van der Waals surface area contributed by atoms with Crippen LogP contribution in [0.4, 0.5) is 5.69 Å². The van der Waals surface area contributed by atoms with Crippen molar-refractivity contribution in [3.8, 4) is 0 Å². The summed E-state index contributed by atoms with van der Waals surface area (Å²) in [7, 11) is 0. The van der Waals surface area contributed by atoms with Crippen molar-refractivity contribution in [2.75, 3.05) is 11.9 Å². The first kappa shape index (κ1) is 14.5. The molecule has 0 bridgehead atoms. The lowest BCUT2D eigenvalue weighted by Gasteiger charge is -2.10. The monoisotopic (exact) mass is 334 g/mol. The summed E-state index contributed by atoms with van der Waals surface area (Å²) < 4.78 is 5.79. The van der Waals surface area contributed by atoms with Gasteiger partial charge in [0.2, 0.25) is 0 Å². The number of halogens is 1. The van der Waals surface area contributed by atoms with E-state index in [2.05, 4.69) is 26.2 Å². The number of nitrogens with one attached hydrogen (secondary N) is 1. The summed E-state index contributed by atoms with van der Waals surface area (Å²) in [5.41, 5.74) is 2.54. The maximum atomic E-state index is 11.6. The molecule has 5 heteroatoms. The molecular weight excluding hydrogens is 320 g/mol. The molecule has 0 saturated carbocycles. The Bertz CT molecular complexity index is 588. The zero-order valence-corrected chi connectivity index (χ0v) is 12.7. The van der Waals surface area contributed by atoms with Gasteiger partial charge in [-0.05, 0) is 52.7 Å². The number of pyridine rings is 1. The maximum absolute atomic E-state index is 11.6. The van der Waals surface area contributed by atoms with Crippen LogP contribution in [-0.2, 0) is 11.3 Å². The molecule has 2 aromatic rings. The average molecular weight is 335 g/mol. The summed E-state index contributed by atoms with van der Waals surface area (Å²) in [4.78, 5) is 15.7. The number of esters is 1. The van der Waals surface area contributed by atoms with E-state index in [0.29, 0.717) is 18.7 Å². The van der Waals surface area contributed by atoms with Gasteiger partial charge in [-0.25, -0.2) is 4.79 Å². The second-order valence-corrected chi connectivity index (χ2v) is 4.98. The lowest BCUT2D eigenvalue weighted by Crippen LogP contribution is -2.06. The standard InChI is InChI=1S/C15H15BrN2O2/c1-2-20-15(19)12-5-6-14(13(16)8-12)18-10-11-4-3-7-17-9-11/h3-9,18H,2,10H2,1H3. The van der Waals surface area contributed by atoms with E-state index in [1.54, 1.807) is 25.3 Å². The first-order valence-electron chi connectivity index (χ1n) is 6.30. The van der Waals surface area contributed by atoms with Gasteiger partial charge < -0.3 is 10.1 Å². The molecule has 0 atom stereocenters. The summed E-state index contributed by atoms with van der Waals surface area (Å²) in [6.45, 7) is 2.83. The van der Waals surface area contributed by atoms with Gasteiger partial charge in [0.05, 0.1) is 12.2 Å². The number of rotatable bonds is 5. The Labute approximate surface area is 126 Å². The van der Waals surface area contributed by atoms with Crippen LogP contribution >= 0.6 is 15.9 Å². The summed E-state index contributed by atoms with van der Waals surface area (Å²) in [5.74, 6) is -0.313. The Morgan fingerprint density at radius 3 is 2.90 bits per heavy atom. The van der Waals surface area contributed by atoms with Crippen molar-refractivity contribution in [2.45, 2.75) is 13.5 Å². The van der Waals surface area contributed by atoms with Crippen molar-refractivity contribution >= 4 is 27.6 Å². The summed E-state index contributed by atoms with van der Waals surface area (Å²) >= 11 is 3.45. The van der Waals surface area contributed by atoms with Crippen LogP contribution in [0.2, 0.25) is 0 Å². The van der Waals surface area contributed by atoms with Crippen molar-refractivity contribution in [3.63, 3.8) is 0 Å². The Kier molecular flexibility index (Phi) is 5.12. The van der Waals surface area contributed by atoms with Gasteiger partial charge >= 0.3 is 5.97 Å². The quantitative estimate of drug-likeness (QED) is 0.848. The highest BCUT2D eigenvalue weighted by Crippen LogP contribution is 2.24. The SMILES string of the molecule is CCOC(=O)c1ccc(NCc2cccnc2)c(Br)c1. The van der Waals surface area contributed by atoms with Crippen LogP contribution in [0.3, 0.4) is 0 Å². The Balaban J connectivity index is 2.04. The fraction of sp³-hybridized carbons (Fsp3) is 0.200. The van der Waals surface area contributed by atoms with Crippen molar-refractivity contribution < 1.29 is 9.53 Å². The number of ether oxygens (including phenoxy) is 1. The molecular formula is C15H15BrN2O2. The number of nitrogens with zero attached hydrogens (tertiary/aromatic N) is 1. The van der Waals surface area contributed by atoms with Gasteiger partial charge in [0.15, 0.2) is 0 Å². The molecule has 0 amide bonds. The number of carbonyl (C=O) groups is 1. The molecule has 0 unspecified atom stereocenters. The molecule has 1 N–H and O–H groups in total. The molecule has 20 heavy (non-hydrogen) atoms. The van der Waals surface area contributed by atoms with Gasteiger partial charge in [-0.1, -0.05) is 6.07 Å². The lowest BCUT2D eigenvalue weighted by molar-refractivity contribution is 0.0526. The first-order chi connectivity index (χ1) is 9.70. The average Bonchev–Trinajstić information content (AvgIpc) is 2.47. The van der Waals surface area contributed by atoms with Gasteiger partial charge in [0.25, 0.3) is 0 Å². The Morgan fingerprint density at radius 1 is 1.40 bits per heavy atom. The van der Waals surface area contributed by atoms with Crippen molar-refractivity contribution in [3.05, 3.63) is 58.3 Å². The smallest absolute Gasteiger partial charge is 0.338 e. The number of aromatic nitrogens is 1. The Hall–Kier alpha value is -1.88. The molecule has 104 valence electrons. The van der Waals surface area contributed by atoms with E-state index >= 15 is 0 Å². The van der Waals surface area contributed by atoms with Crippen LogP contribution in [0.1, 0.15) is 22.8 Å². The Morgan fingerprint density at radius 2 is 2.25 bits per heavy atom. The number of anilines is 1. The minimum absolute atomic E-state index is 0.313. The van der Waals surface area contributed by atoms with Gasteiger partial charge in [-0.15, -0.1) is 0 Å². The van der Waals surface area contributed by atoms with E-state index < -0.39 is 0 Å². The first-order valence-corrected chi connectivity index (χ1v) is 7.09. The van der Waals surface area contributed by atoms with Crippen molar-refractivity contribution in [1.82, 2.24) is 4.98 Å². The molecule has 1 aromatic carbocycles. The van der Waals surface area contributed by atoms with Crippen LogP contribution in [0.25, 0.3) is 0 Å². The van der Waals surface area contributed by atoms with Crippen LogP contribution in [0, 0.1) is 0 Å². The molecule has 0 saturated heterocycles. The number of benzene rings is 1.